The van der Waals surface area contributed by atoms with Crippen LogP contribution in [0.5, 0.6) is 0 Å². The normalized spacial score (nSPS) is 19.3. The van der Waals surface area contributed by atoms with Crippen LogP contribution >= 0.6 is 0 Å². The lowest BCUT2D eigenvalue weighted by atomic mass is 10.0. The monoisotopic (exact) mass is 444 g/mol. The molecule has 1 aliphatic heterocycles. The van der Waals surface area contributed by atoms with Gasteiger partial charge in [0.05, 0.1) is 12.5 Å². The molecule has 0 radical (unpaired) electrons. The van der Waals surface area contributed by atoms with Crippen molar-refractivity contribution in [2.45, 2.75) is 36.6 Å². The molecule has 1 saturated heterocycles. The Labute approximate surface area is 180 Å². The lowest BCUT2D eigenvalue weighted by Crippen LogP contribution is -2.51. The molecule has 6 N–H and O–H groups in total. The van der Waals surface area contributed by atoms with Crippen molar-refractivity contribution in [2.24, 2.45) is 11.5 Å². The van der Waals surface area contributed by atoms with E-state index in [1.54, 1.807) is 24.3 Å². The summed E-state index contributed by atoms with van der Waals surface area (Å²) >= 11 is 0. The van der Waals surface area contributed by atoms with Crippen LogP contribution in [0.2, 0.25) is 0 Å². The highest BCUT2D eigenvalue weighted by Crippen LogP contribution is 2.30. The van der Waals surface area contributed by atoms with Crippen molar-refractivity contribution < 1.29 is 22.8 Å². The van der Waals surface area contributed by atoms with Crippen LogP contribution in [-0.4, -0.2) is 38.2 Å². The van der Waals surface area contributed by atoms with Crippen molar-refractivity contribution >= 4 is 27.7 Å². The lowest BCUT2D eigenvalue weighted by Gasteiger charge is -2.19. The third-order valence-electron chi connectivity index (χ3n) is 5.09. The molecule has 1 fully saturated rings. The van der Waals surface area contributed by atoms with Crippen LogP contribution in [-0.2, 0) is 37.2 Å². The van der Waals surface area contributed by atoms with E-state index in [1.807, 2.05) is 35.1 Å². The van der Waals surface area contributed by atoms with E-state index in [-0.39, 0.29) is 12.8 Å². The Morgan fingerprint density at radius 3 is 2.19 bits per heavy atom. The van der Waals surface area contributed by atoms with Gasteiger partial charge < -0.3 is 16.8 Å². The average Bonchev–Trinajstić information content (AvgIpc) is 3.00. The smallest absolute Gasteiger partial charge is 0.242 e. The molecular formula is C21H24N4O5S. The third kappa shape index (κ3) is 5.68. The van der Waals surface area contributed by atoms with Gasteiger partial charge in [0.25, 0.3) is 0 Å². The maximum atomic E-state index is 12.4. The van der Waals surface area contributed by atoms with Gasteiger partial charge >= 0.3 is 0 Å². The van der Waals surface area contributed by atoms with Crippen LogP contribution in [0.25, 0.3) is 0 Å². The molecule has 3 atom stereocenters. The lowest BCUT2D eigenvalue weighted by molar-refractivity contribution is -0.128. The molecule has 3 rings (SSSR count). The van der Waals surface area contributed by atoms with Crippen LogP contribution in [0.15, 0.2) is 54.6 Å². The number of sulfonamides is 1. The van der Waals surface area contributed by atoms with Crippen LogP contribution in [0.4, 0.5) is 0 Å². The summed E-state index contributed by atoms with van der Waals surface area (Å²) in [5.41, 5.74) is 13.4. The molecule has 3 amide bonds. The first-order valence-corrected chi connectivity index (χ1v) is 11.2. The van der Waals surface area contributed by atoms with E-state index in [0.29, 0.717) is 17.5 Å². The SMILES string of the molecule is NC(=O)[C@H](Cc1ccc([C@@H]2CC(=O)NS2(=O)=O)cc1)NC(=O)C(N)Cc1ccccc1. The Morgan fingerprint density at radius 2 is 1.65 bits per heavy atom. The van der Waals surface area contributed by atoms with Crippen molar-refractivity contribution in [1.29, 1.82) is 0 Å². The van der Waals surface area contributed by atoms with Gasteiger partial charge in [-0.25, -0.2) is 8.42 Å². The van der Waals surface area contributed by atoms with E-state index in [1.165, 1.54) is 0 Å². The first-order valence-electron chi connectivity index (χ1n) is 9.68. The highest BCUT2D eigenvalue weighted by molar-refractivity contribution is 7.90. The molecule has 164 valence electrons. The average molecular weight is 445 g/mol. The number of carbonyl (C=O) groups excluding carboxylic acids is 3. The zero-order chi connectivity index (χ0) is 22.6. The summed E-state index contributed by atoms with van der Waals surface area (Å²) in [6.45, 7) is 0. The predicted molar refractivity (Wildman–Crippen MR) is 114 cm³/mol. The van der Waals surface area contributed by atoms with Gasteiger partial charge in [-0.15, -0.1) is 0 Å². The summed E-state index contributed by atoms with van der Waals surface area (Å²) in [6.07, 6.45) is 0.296. The minimum atomic E-state index is -3.73. The molecule has 0 saturated carbocycles. The highest BCUT2D eigenvalue weighted by Gasteiger charge is 2.37. The van der Waals surface area contributed by atoms with Crippen LogP contribution in [0, 0.1) is 0 Å². The Hall–Kier alpha value is -3.24. The fraction of sp³-hybridized carbons (Fsp3) is 0.286. The Kier molecular flexibility index (Phi) is 6.71. The van der Waals surface area contributed by atoms with Crippen molar-refractivity contribution in [1.82, 2.24) is 10.0 Å². The summed E-state index contributed by atoms with van der Waals surface area (Å²) in [5.74, 6) is -1.75. The Balaban J connectivity index is 1.64. The van der Waals surface area contributed by atoms with Gasteiger partial charge in [0.15, 0.2) is 0 Å². The standard InChI is InChI=1S/C21H24N4O5S/c22-16(10-13-4-2-1-3-5-13)21(28)24-17(20(23)27)11-14-6-8-15(9-7-14)18-12-19(26)25-31(18,29)30/h1-9,16-18H,10-12,22H2,(H2,23,27)(H,24,28)(H,25,26)/t16?,17-,18-/m0/s1. The van der Waals surface area contributed by atoms with E-state index in [2.05, 4.69) is 5.32 Å². The minimum Gasteiger partial charge on any atom is -0.368 e. The number of carbonyl (C=O) groups is 3. The molecule has 1 heterocycles. The molecule has 1 aliphatic rings. The van der Waals surface area contributed by atoms with Gasteiger partial charge in [-0.1, -0.05) is 54.6 Å². The second kappa shape index (κ2) is 9.27. The number of nitrogens with one attached hydrogen (secondary N) is 2. The maximum Gasteiger partial charge on any atom is 0.242 e. The summed E-state index contributed by atoms with van der Waals surface area (Å²) in [4.78, 5) is 35.7. The van der Waals surface area contributed by atoms with Crippen molar-refractivity contribution in [3.05, 3.63) is 71.3 Å². The predicted octanol–water partition coefficient (Wildman–Crippen LogP) is -0.340. The third-order valence-corrected chi connectivity index (χ3v) is 6.79. The van der Waals surface area contributed by atoms with Gasteiger partial charge in [-0.3, -0.25) is 19.1 Å². The number of hydrogen-bond acceptors (Lipinski definition) is 6. The summed E-state index contributed by atoms with van der Waals surface area (Å²) in [6, 6.07) is 13.9. The molecule has 9 nitrogen and oxygen atoms in total. The molecule has 1 unspecified atom stereocenters. The molecule has 0 aliphatic carbocycles. The molecule has 10 heteroatoms. The number of hydrogen-bond donors (Lipinski definition) is 4. The van der Waals surface area contributed by atoms with E-state index in [0.717, 1.165) is 5.56 Å². The first-order chi connectivity index (χ1) is 14.7. The zero-order valence-corrected chi connectivity index (χ0v) is 17.5. The van der Waals surface area contributed by atoms with Crippen LogP contribution in [0.1, 0.15) is 28.4 Å². The van der Waals surface area contributed by atoms with E-state index < -0.39 is 45.1 Å². The number of benzene rings is 2. The molecule has 2 aromatic carbocycles. The Morgan fingerprint density at radius 1 is 1.03 bits per heavy atom. The van der Waals surface area contributed by atoms with Crippen LogP contribution in [0.3, 0.4) is 0 Å². The minimum absolute atomic E-state index is 0.119. The summed E-state index contributed by atoms with van der Waals surface area (Å²) in [5, 5.41) is 1.64. The molecule has 2 aromatic rings. The topological polar surface area (TPSA) is 161 Å². The van der Waals surface area contributed by atoms with Gasteiger partial charge in [-0.05, 0) is 23.1 Å². The van der Waals surface area contributed by atoms with Crippen molar-refractivity contribution in [3.63, 3.8) is 0 Å². The highest BCUT2D eigenvalue weighted by atomic mass is 32.2. The van der Waals surface area contributed by atoms with E-state index in [4.69, 9.17) is 11.5 Å². The largest absolute Gasteiger partial charge is 0.368 e. The van der Waals surface area contributed by atoms with Gasteiger partial charge in [0.2, 0.25) is 27.7 Å². The second-order valence-corrected chi connectivity index (χ2v) is 9.33. The number of amides is 3. The van der Waals surface area contributed by atoms with Gasteiger partial charge in [0.1, 0.15) is 11.3 Å². The summed E-state index contributed by atoms with van der Waals surface area (Å²) in [7, 11) is -3.73. The number of primary amides is 1. The van der Waals surface area contributed by atoms with Gasteiger partial charge in [0, 0.05) is 6.42 Å². The fourth-order valence-electron chi connectivity index (χ4n) is 3.41. The van der Waals surface area contributed by atoms with Crippen molar-refractivity contribution in [3.8, 4) is 0 Å². The van der Waals surface area contributed by atoms with Crippen LogP contribution < -0.4 is 21.5 Å². The maximum absolute atomic E-state index is 12.4. The molecule has 31 heavy (non-hydrogen) atoms. The Bertz CT molecular complexity index is 1070. The van der Waals surface area contributed by atoms with Gasteiger partial charge in [-0.2, -0.15) is 0 Å². The first kappa shape index (κ1) is 22.4. The molecule has 0 aromatic heterocycles. The molecular weight excluding hydrogens is 420 g/mol. The number of nitrogens with two attached hydrogens (primary N) is 2. The molecule has 0 bridgehead atoms. The number of rotatable bonds is 8. The molecule has 0 spiro atoms. The van der Waals surface area contributed by atoms with E-state index >= 15 is 0 Å². The van der Waals surface area contributed by atoms with Crippen molar-refractivity contribution in [2.75, 3.05) is 0 Å². The summed E-state index contributed by atoms with van der Waals surface area (Å²) < 4.78 is 25.9. The second-order valence-electron chi connectivity index (χ2n) is 7.47. The van der Waals surface area contributed by atoms with E-state index in [9.17, 15) is 22.8 Å². The fourth-order valence-corrected chi connectivity index (χ4v) is 4.84. The zero-order valence-electron chi connectivity index (χ0n) is 16.7. The quantitative estimate of drug-likeness (QED) is 0.435.